The molecule has 5 nitrogen and oxygen atoms in total. The monoisotopic (exact) mass is 222 g/mol. The quantitative estimate of drug-likeness (QED) is 0.798. The maximum absolute atomic E-state index is 11.8. The van der Waals surface area contributed by atoms with E-state index in [-0.39, 0.29) is 5.56 Å². The molecule has 1 aliphatic rings. The number of thiazole rings is 1. The molecule has 3 N–H and O–H groups in total. The molecule has 0 atom stereocenters. The van der Waals surface area contributed by atoms with Crippen LogP contribution in [0.1, 0.15) is 24.5 Å². The molecule has 0 unspecified atom stereocenters. The lowest BCUT2D eigenvalue weighted by molar-refractivity contribution is 0.809. The second-order valence-corrected chi connectivity index (χ2v) is 4.54. The number of hydrogen-bond acceptors (Lipinski definition) is 4. The highest BCUT2D eigenvalue weighted by Crippen LogP contribution is 2.40. The van der Waals surface area contributed by atoms with Crippen molar-refractivity contribution in [2.24, 2.45) is 0 Å². The Labute approximate surface area is 89.5 Å². The third-order valence-electron chi connectivity index (χ3n) is 2.55. The summed E-state index contributed by atoms with van der Waals surface area (Å²) in [5.74, 6) is 0.443. The van der Waals surface area contributed by atoms with E-state index in [9.17, 15) is 4.79 Å². The minimum absolute atomic E-state index is 0.188. The topological polar surface area (TPSA) is 76.7 Å². The highest BCUT2D eigenvalue weighted by Gasteiger charge is 2.29. The van der Waals surface area contributed by atoms with E-state index in [0.717, 1.165) is 18.5 Å². The molecule has 3 rings (SSSR count). The maximum Gasteiger partial charge on any atom is 0.296 e. The third kappa shape index (κ3) is 1.29. The molecular formula is C9H10N4OS. The molecule has 1 aliphatic carbocycles. The zero-order chi connectivity index (χ0) is 10.4. The molecule has 0 spiro atoms. The van der Waals surface area contributed by atoms with E-state index in [1.54, 1.807) is 6.20 Å². The van der Waals surface area contributed by atoms with Crippen LogP contribution >= 0.6 is 11.3 Å². The van der Waals surface area contributed by atoms with Gasteiger partial charge in [0.15, 0.2) is 0 Å². The summed E-state index contributed by atoms with van der Waals surface area (Å²) in [6.07, 6.45) is 3.89. The second-order valence-electron chi connectivity index (χ2n) is 3.67. The molecule has 15 heavy (non-hydrogen) atoms. The molecular weight excluding hydrogens is 212 g/mol. The van der Waals surface area contributed by atoms with Crippen molar-refractivity contribution in [1.29, 1.82) is 0 Å². The summed E-state index contributed by atoms with van der Waals surface area (Å²) < 4.78 is 1.42. The summed E-state index contributed by atoms with van der Waals surface area (Å²) in [4.78, 5) is 15.9. The number of nitrogens with one attached hydrogen (secondary N) is 1. The normalized spacial score (nSPS) is 15.7. The molecule has 2 aromatic heterocycles. The maximum atomic E-state index is 11.8. The number of aromatic amines is 1. The molecule has 1 saturated carbocycles. The zero-order valence-corrected chi connectivity index (χ0v) is 8.75. The Morgan fingerprint density at radius 2 is 2.40 bits per heavy atom. The third-order valence-corrected chi connectivity index (χ3v) is 3.31. The highest BCUT2D eigenvalue weighted by atomic mass is 32.1. The smallest absolute Gasteiger partial charge is 0.296 e. The van der Waals surface area contributed by atoms with Gasteiger partial charge < -0.3 is 5.73 Å². The summed E-state index contributed by atoms with van der Waals surface area (Å²) in [5, 5.41) is 5.51. The molecule has 0 bridgehead atoms. The molecule has 1 fully saturated rings. The van der Waals surface area contributed by atoms with Gasteiger partial charge in [0.05, 0.1) is 5.69 Å². The minimum Gasteiger partial charge on any atom is -0.393 e. The van der Waals surface area contributed by atoms with E-state index in [0.29, 0.717) is 16.7 Å². The van der Waals surface area contributed by atoms with E-state index >= 15 is 0 Å². The number of nitrogens with zero attached hydrogens (tertiary/aromatic N) is 2. The van der Waals surface area contributed by atoms with E-state index in [1.165, 1.54) is 16.0 Å². The first-order chi connectivity index (χ1) is 7.27. The minimum atomic E-state index is -0.188. The zero-order valence-electron chi connectivity index (χ0n) is 7.93. The van der Waals surface area contributed by atoms with Gasteiger partial charge in [-0.15, -0.1) is 11.3 Å². The molecule has 6 heteroatoms. The molecule has 0 saturated heterocycles. The van der Waals surface area contributed by atoms with E-state index < -0.39 is 0 Å². The van der Waals surface area contributed by atoms with Crippen LogP contribution in [0.2, 0.25) is 0 Å². The summed E-state index contributed by atoms with van der Waals surface area (Å²) in [6, 6.07) is 0. The fourth-order valence-corrected chi connectivity index (χ4v) is 2.21. The largest absolute Gasteiger partial charge is 0.393 e. The lowest BCUT2D eigenvalue weighted by Gasteiger charge is -1.94. The van der Waals surface area contributed by atoms with E-state index in [1.807, 2.05) is 5.38 Å². The standard InChI is InChI=1S/C9H10N4OS/c10-6-7(5-1-2-5)12-13(8(6)14)9-11-3-4-15-9/h3-5,12H,1-2,10H2. The molecule has 0 radical (unpaired) electrons. The number of H-pyrrole nitrogens is 1. The summed E-state index contributed by atoms with van der Waals surface area (Å²) in [7, 11) is 0. The summed E-state index contributed by atoms with van der Waals surface area (Å²) >= 11 is 1.41. The van der Waals surface area contributed by atoms with E-state index in [2.05, 4.69) is 10.1 Å². The average Bonchev–Trinajstić information content (AvgIpc) is 2.84. The molecule has 2 heterocycles. The van der Waals surface area contributed by atoms with Crippen LogP contribution in [0.4, 0.5) is 5.69 Å². The lowest BCUT2D eigenvalue weighted by atomic mass is 10.3. The van der Waals surface area contributed by atoms with Crippen LogP contribution in [-0.4, -0.2) is 14.8 Å². The Morgan fingerprint density at radius 1 is 1.60 bits per heavy atom. The molecule has 0 aliphatic heterocycles. The first-order valence-corrected chi connectivity index (χ1v) is 5.65. The molecule has 0 aromatic carbocycles. The summed E-state index contributed by atoms with van der Waals surface area (Å²) in [6.45, 7) is 0. The van der Waals surface area contributed by atoms with Gasteiger partial charge in [-0.25, -0.2) is 4.98 Å². The Morgan fingerprint density at radius 3 is 3.00 bits per heavy atom. The average molecular weight is 222 g/mol. The van der Waals surface area contributed by atoms with Gasteiger partial charge in [-0.3, -0.25) is 9.89 Å². The van der Waals surface area contributed by atoms with Crippen molar-refractivity contribution in [3.63, 3.8) is 0 Å². The lowest BCUT2D eigenvalue weighted by Crippen LogP contribution is -2.16. The number of hydrogen-bond donors (Lipinski definition) is 2. The van der Waals surface area contributed by atoms with Crippen LogP contribution in [0, 0.1) is 0 Å². The molecule has 78 valence electrons. The number of nitrogen functional groups attached to an aromatic ring is 1. The first kappa shape index (κ1) is 8.72. The van der Waals surface area contributed by atoms with Crippen molar-refractivity contribution in [1.82, 2.24) is 14.8 Å². The van der Waals surface area contributed by atoms with Crippen molar-refractivity contribution in [2.75, 3.05) is 5.73 Å². The van der Waals surface area contributed by atoms with Crippen LogP contribution in [-0.2, 0) is 0 Å². The second kappa shape index (κ2) is 2.96. The van der Waals surface area contributed by atoms with Gasteiger partial charge in [-0.05, 0) is 12.8 Å². The van der Waals surface area contributed by atoms with Crippen LogP contribution in [0.25, 0.3) is 5.13 Å². The van der Waals surface area contributed by atoms with Gasteiger partial charge in [0.2, 0.25) is 5.13 Å². The Hall–Kier alpha value is -1.56. The van der Waals surface area contributed by atoms with Crippen LogP contribution in [0.15, 0.2) is 16.4 Å². The molecule has 2 aromatic rings. The van der Waals surface area contributed by atoms with Gasteiger partial charge in [-0.2, -0.15) is 4.68 Å². The van der Waals surface area contributed by atoms with Gasteiger partial charge in [0, 0.05) is 17.5 Å². The van der Waals surface area contributed by atoms with E-state index in [4.69, 9.17) is 5.73 Å². The predicted molar refractivity (Wildman–Crippen MR) is 58.4 cm³/mol. The highest BCUT2D eigenvalue weighted by molar-refractivity contribution is 7.12. The fourth-order valence-electron chi connectivity index (χ4n) is 1.61. The van der Waals surface area contributed by atoms with Crippen molar-refractivity contribution in [3.05, 3.63) is 27.6 Å². The predicted octanol–water partition coefficient (Wildman–Crippen LogP) is 1.08. The van der Waals surface area contributed by atoms with Gasteiger partial charge in [0.25, 0.3) is 5.56 Å². The Balaban J connectivity index is 2.16. The SMILES string of the molecule is Nc1c(C2CC2)[nH]n(-c2nccs2)c1=O. The van der Waals surface area contributed by atoms with Crippen molar-refractivity contribution < 1.29 is 0 Å². The van der Waals surface area contributed by atoms with Crippen molar-refractivity contribution in [3.8, 4) is 5.13 Å². The fraction of sp³-hybridized carbons (Fsp3) is 0.333. The Bertz CT molecular complexity index is 535. The van der Waals surface area contributed by atoms with Gasteiger partial charge >= 0.3 is 0 Å². The Kier molecular flexibility index (Phi) is 1.72. The number of anilines is 1. The van der Waals surface area contributed by atoms with Gasteiger partial charge in [0.1, 0.15) is 5.69 Å². The van der Waals surface area contributed by atoms with Crippen LogP contribution in [0.5, 0.6) is 0 Å². The van der Waals surface area contributed by atoms with Gasteiger partial charge in [-0.1, -0.05) is 0 Å². The van der Waals surface area contributed by atoms with Crippen molar-refractivity contribution in [2.45, 2.75) is 18.8 Å². The summed E-state index contributed by atoms with van der Waals surface area (Å²) in [5.41, 5.74) is 6.79. The van der Waals surface area contributed by atoms with Crippen LogP contribution < -0.4 is 11.3 Å². The number of nitrogens with two attached hydrogens (primary N) is 1. The number of rotatable bonds is 2. The molecule has 0 amide bonds. The number of aromatic nitrogens is 3. The van der Waals surface area contributed by atoms with Crippen molar-refractivity contribution >= 4 is 17.0 Å². The van der Waals surface area contributed by atoms with Crippen LogP contribution in [0.3, 0.4) is 0 Å². The first-order valence-electron chi connectivity index (χ1n) is 4.77.